The third-order valence-electron chi connectivity index (χ3n) is 4.78. The van der Waals surface area contributed by atoms with Gasteiger partial charge >= 0.3 is 0 Å². The fourth-order valence-corrected chi connectivity index (χ4v) is 3.30. The van der Waals surface area contributed by atoms with Crippen LogP contribution in [0.25, 0.3) is 0 Å². The number of rotatable bonds is 7. The van der Waals surface area contributed by atoms with Gasteiger partial charge in [0.25, 0.3) is 0 Å². The molecule has 5 nitrogen and oxygen atoms in total. The zero-order chi connectivity index (χ0) is 18.6. The van der Waals surface area contributed by atoms with Gasteiger partial charge in [-0.25, -0.2) is 0 Å². The molecular formula is C20H32ClN3O2. The largest absolute Gasteiger partial charge is 0.351 e. The van der Waals surface area contributed by atoms with Gasteiger partial charge in [0.15, 0.2) is 0 Å². The van der Waals surface area contributed by atoms with Crippen LogP contribution in [0.3, 0.4) is 0 Å². The molecule has 2 amide bonds. The molecule has 2 rings (SSSR count). The second-order valence-corrected chi connectivity index (χ2v) is 7.65. The summed E-state index contributed by atoms with van der Waals surface area (Å²) in [5.41, 5.74) is 7.85. The van der Waals surface area contributed by atoms with Crippen LogP contribution in [0.5, 0.6) is 0 Å². The first-order valence-corrected chi connectivity index (χ1v) is 9.25. The average Bonchev–Trinajstić information content (AvgIpc) is 2.95. The summed E-state index contributed by atoms with van der Waals surface area (Å²) in [5.74, 6) is -0.0105. The van der Waals surface area contributed by atoms with Gasteiger partial charge in [0.05, 0.1) is 0 Å². The molecule has 1 aliphatic heterocycles. The molecule has 1 aromatic carbocycles. The van der Waals surface area contributed by atoms with Gasteiger partial charge in [-0.15, -0.1) is 12.4 Å². The maximum absolute atomic E-state index is 12.7. The number of amides is 2. The fraction of sp³-hybridized carbons (Fsp3) is 0.600. The Balaban J connectivity index is 0.00000338. The van der Waals surface area contributed by atoms with Gasteiger partial charge in [0.1, 0.15) is 5.92 Å². The number of nitrogens with zero attached hydrogens (tertiary/aromatic N) is 1. The van der Waals surface area contributed by atoms with Crippen LogP contribution in [0.4, 0.5) is 5.69 Å². The maximum atomic E-state index is 12.7. The molecule has 0 saturated carbocycles. The van der Waals surface area contributed by atoms with E-state index in [4.69, 9.17) is 5.73 Å². The Morgan fingerprint density at radius 1 is 1.23 bits per heavy atom. The first kappa shape index (κ1) is 22.5. The second kappa shape index (κ2) is 9.93. The van der Waals surface area contributed by atoms with Crippen molar-refractivity contribution in [1.82, 2.24) is 5.32 Å². The average molecular weight is 382 g/mol. The SMILES string of the molecule is CC(C)CC(CN)NC(=O)C1CCN(c2ccc(C(C)C)cc2)C1=O.Cl. The Morgan fingerprint density at radius 2 is 1.85 bits per heavy atom. The minimum Gasteiger partial charge on any atom is -0.351 e. The number of nitrogens with one attached hydrogen (secondary N) is 1. The van der Waals surface area contributed by atoms with E-state index in [9.17, 15) is 9.59 Å². The van der Waals surface area contributed by atoms with Crippen molar-refractivity contribution in [2.24, 2.45) is 17.6 Å². The van der Waals surface area contributed by atoms with Gasteiger partial charge in [0.2, 0.25) is 11.8 Å². The van der Waals surface area contributed by atoms with Gasteiger partial charge in [-0.3, -0.25) is 9.59 Å². The number of nitrogens with two attached hydrogens (primary N) is 1. The van der Waals surface area contributed by atoms with E-state index in [1.807, 2.05) is 24.3 Å². The molecule has 3 N–H and O–H groups in total. The minimum absolute atomic E-state index is 0. The van der Waals surface area contributed by atoms with Crippen LogP contribution >= 0.6 is 12.4 Å². The quantitative estimate of drug-likeness (QED) is 0.712. The Kier molecular flexibility index (Phi) is 8.57. The van der Waals surface area contributed by atoms with E-state index in [0.717, 1.165) is 12.1 Å². The number of hydrogen-bond donors (Lipinski definition) is 2. The summed E-state index contributed by atoms with van der Waals surface area (Å²) in [7, 11) is 0. The Bertz CT molecular complexity index is 602. The molecule has 0 spiro atoms. The predicted octanol–water partition coefficient (Wildman–Crippen LogP) is 3.07. The molecule has 0 aromatic heterocycles. The Labute approximate surface area is 163 Å². The molecular weight excluding hydrogens is 350 g/mol. The lowest BCUT2D eigenvalue weighted by atomic mass is 10.0. The second-order valence-electron chi connectivity index (χ2n) is 7.65. The van der Waals surface area contributed by atoms with Crippen molar-refractivity contribution in [2.75, 3.05) is 18.0 Å². The summed E-state index contributed by atoms with van der Waals surface area (Å²) in [4.78, 5) is 26.9. The molecule has 1 heterocycles. The van der Waals surface area contributed by atoms with E-state index < -0.39 is 5.92 Å². The van der Waals surface area contributed by atoms with Crippen LogP contribution in [0.15, 0.2) is 24.3 Å². The van der Waals surface area contributed by atoms with E-state index in [1.165, 1.54) is 5.56 Å². The number of anilines is 1. The minimum atomic E-state index is -0.606. The van der Waals surface area contributed by atoms with Crippen LogP contribution in [0, 0.1) is 11.8 Å². The summed E-state index contributed by atoms with van der Waals surface area (Å²) in [6.07, 6.45) is 1.37. The van der Waals surface area contributed by atoms with Crippen molar-refractivity contribution in [3.05, 3.63) is 29.8 Å². The van der Waals surface area contributed by atoms with E-state index >= 15 is 0 Å². The van der Waals surface area contributed by atoms with E-state index in [1.54, 1.807) is 4.90 Å². The first-order valence-electron chi connectivity index (χ1n) is 9.25. The number of hydrogen-bond acceptors (Lipinski definition) is 3. The van der Waals surface area contributed by atoms with Crippen molar-refractivity contribution in [3.63, 3.8) is 0 Å². The summed E-state index contributed by atoms with van der Waals surface area (Å²) in [6, 6.07) is 7.96. The van der Waals surface area contributed by atoms with Gasteiger partial charge in [-0.2, -0.15) is 0 Å². The van der Waals surface area contributed by atoms with Crippen molar-refractivity contribution >= 4 is 29.9 Å². The number of benzene rings is 1. The van der Waals surface area contributed by atoms with Crippen molar-refractivity contribution in [3.8, 4) is 0 Å². The maximum Gasteiger partial charge on any atom is 0.239 e. The topological polar surface area (TPSA) is 75.4 Å². The molecule has 0 bridgehead atoms. The highest BCUT2D eigenvalue weighted by atomic mass is 35.5. The lowest BCUT2D eigenvalue weighted by Crippen LogP contribution is -2.45. The van der Waals surface area contributed by atoms with Crippen LogP contribution in [-0.4, -0.2) is 30.9 Å². The lowest BCUT2D eigenvalue weighted by Gasteiger charge is -2.21. The molecule has 2 atom stereocenters. The fourth-order valence-electron chi connectivity index (χ4n) is 3.30. The monoisotopic (exact) mass is 381 g/mol. The van der Waals surface area contributed by atoms with E-state index in [-0.39, 0.29) is 30.3 Å². The van der Waals surface area contributed by atoms with Crippen LogP contribution in [0.1, 0.15) is 52.0 Å². The van der Waals surface area contributed by atoms with Crippen LogP contribution < -0.4 is 16.0 Å². The normalized spacial score (nSPS) is 18.2. The highest BCUT2D eigenvalue weighted by Gasteiger charge is 2.38. The zero-order valence-electron chi connectivity index (χ0n) is 16.2. The number of carbonyl (C=O) groups excluding carboxylic acids is 2. The Morgan fingerprint density at radius 3 is 2.35 bits per heavy atom. The molecule has 1 aliphatic rings. The van der Waals surface area contributed by atoms with Crippen LogP contribution in [-0.2, 0) is 9.59 Å². The molecule has 2 unspecified atom stereocenters. The van der Waals surface area contributed by atoms with E-state index in [2.05, 4.69) is 33.0 Å². The molecule has 26 heavy (non-hydrogen) atoms. The Hall–Kier alpha value is -1.59. The standard InChI is InChI=1S/C20H31N3O2.ClH/c1-13(2)11-16(12-21)22-19(24)18-9-10-23(20(18)25)17-7-5-15(6-8-17)14(3)4;/h5-8,13-14,16,18H,9-12,21H2,1-4H3,(H,22,24);1H. The number of carbonyl (C=O) groups is 2. The molecule has 0 aliphatic carbocycles. The highest BCUT2D eigenvalue weighted by Crippen LogP contribution is 2.27. The van der Waals surface area contributed by atoms with Gasteiger partial charge in [-0.1, -0.05) is 39.8 Å². The molecule has 1 fully saturated rings. The van der Waals surface area contributed by atoms with Gasteiger partial charge < -0.3 is 16.0 Å². The number of halogens is 1. The third-order valence-corrected chi connectivity index (χ3v) is 4.78. The lowest BCUT2D eigenvalue weighted by molar-refractivity contribution is -0.132. The van der Waals surface area contributed by atoms with Gasteiger partial charge in [-0.05, 0) is 42.4 Å². The summed E-state index contributed by atoms with van der Waals surface area (Å²) in [5, 5.41) is 2.96. The summed E-state index contributed by atoms with van der Waals surface area (Å²) < 4.78 is 0. The van der Waals surface area contributed by atoms with Crippen LogP contribution in [0.2, 0.25) is 0 Å². The molecule has 0 radical (unpaired) electrons. The summed E-state index contributed by atoms with van der Waals surface area (Å²) >= 11 is 0. The van der Waals surface area contributed by atoms with Crippen molar-refractivity contribution in [2.45, 2.75) is 52.5 Å². The summed E-state index contributed by atoms with van der Waals surface area (Å²) in [6.45, 7) is 9.44. The van der Waals surface area contributed by atoms with Gasteiger partial charge in [0, 0.05) is 24.8 Å². The predicted molar refractivity (Wildman–Crippen MR) is 109 cm³/mol. The smallest absolute Gasteiger partial charge is 0.239 e. The molecule has 6 heteroatoms. The zero-order valence-corrected chi connectivity index (χ0v) is 17.0. The molecule has 1 saturated heterocycles. The highest BCUT2D eigenvalue weighted by molar-refractivity contribution is 6.09. The van der Waals surface area contributed by atoms with Crippen molar-refractivity contribution < 1.29 is 9.59 Å². The third kappa shape index (κ3) is 5.45. The first-order chi connectivity index (χ1) is 11.8. The van der Waals surface area contributed by atoms with E-state index in [0.29, 0.717) is 31.3 Å². The van der Waals surface area contributed by atoms with Crippen molar-refractivity contribution in [1.29, 1.82) is 0 Å². The molecule has 146 valence electrons. The molecule has 1 aromatic rings.